The quantitative estimate of drug-likeness (QED) is 0.881. The molecule has 5 heteroatoms. The van der Waals surface area contributed by atoms with Crippen LogP contribution in [-0.2, 0) is 20.1 Å². The van der Waals surface area contributed by atoms with Gasteiger partial charge in [-0.3, -0.25) is 9.36 Å². The molecule has 0 bridgehead atoms. The van der Waals surface area contributed by atoms with Crippen molar-refractivity contribution in [3.05, 3.63) is 35.4 Å². The van der Waals surface area contributed by atoms with E-state index in [1.54, 1.807) is 0 Å². The summed E-state index contributed by atoms with van der Waals surface area (Å²) in [4.78, 5) is 0. The maximum Gasteiger partial charge on any atom is 0.0653 e. The van der Waals surface area contributed by atoms with Gasteiger partial charge in [0.2, 0.25) is 0 Å². The fourth-order valence-corrected chi connectivity index (χ4v) is 2.24. The second kappa shape index (κ2) is 6.22. The highest BCUT2D eigenvalue weighted by atomic mass is 15.3. The van der Waals surface area contributed by atoms with Crippen LogP contribution in [0.5, 0.6) is 0 Å². The monoisotopic (exact) mass is 275 g/mol. The summed E-state index contributed by atoms with van der Waals surface area (Å²) in [5, 5.41) is 12.3. The van der Waals surface area contributed by atoms with Crippen LogP contribution in [-0.4, -0.2) is 19.6 Å². The zero-order valence-corrected chi connectivity index (χ0v) is 13.1. The average molecular weight is 275 g/mol. The van der Waals surface area contributed by atoms with Gasteiger partial charge in [0.05, 0.1) is 17.1 Å². The van der Waals surface area contributed by atoms with Crippen molar-refractivity contribution in [2.45, 2.75) is 52.7 Å². The van der Waals surface area contributed by atoms with Crippen LogP contribution in [0.15, 0.2) is 18.3 Å². The number of aryl methyl sites for hydroxylation is 1. The lowest BCUT2D eigenvalue weighted by molar-refractivity contribution is 0.492. The van der Waals surface area contributed by atoms with Gasteiger partial charge >= 0.3 is 0 Å². The first-order valence-corrected chi connectivity index (χ1v) is 7.25. The van der Waals surface area contributed by atoms with Crippen LogP contribution >= 0.6 is 0 Å². The molecule has 2 rings (SSSR count). The molecule has 0 saturated heterocycles. The Morgan fingerprint density at radius 1 is 1.15 bits per heavy atom. The molecule has 110 valence electrons. The van der Waals surface area contributed by atoms with Gasteiger partial charge in [0, 0.05) is 32.4 Å². The van der Waals surface area contributed by atoms with Crippen molar-refractivity contribution < 1.29 is 0 Å². The van der Waals surface area contributed by atoms with Crippen LogP contribution in [0.3, 0.4) is 0 Å². The van der Waals surface area contributed by atoms with E-state index in [-0.39, 0.29) is 0 Å². The summed E-state index contributed by atoms with van der Waals surface area (Å²) >= 11 is 0. The number of nitrogens with zero attached hydrogens (tertiary/aromatic N) is 4. The van der Waals surface area contributed by atoms with Gasteiger partial charge in [-0.05, 0) is 31.9 Å². The Morgan fingerprint density at radius 3 is 2.45 bits per heavy atom. The first kappa shape index (κ1) is 14.8. The molecule has 5 nitrogen and oxygen atoms in total. The Morgan fingerprint density at radius 2 is 1.85 bits per heavy atom. The zero-order valence-electron chi connectivity index (χ0n) is 13.1. The number of nitrogens with one attached hydrogen (secondary N) is 1. The first-order chi connectivity index (χ1) is 9.49. The van der Waals surface area contributed by atoms with Crippen LogP contribution < -0.4 is 5.32 Å². The first-order valence-electron chi connectivity index (χ1n) is 7.25. The largest absolute Gasteiger partial charge is 0.306 e. The molecular formula is C15H25N5. The zero-order chi connectivity index (χ0) is 14.7. The molecule has 0 atom stereocenters. The van der Waals surface area contributed by atoms with Gasteiger partial charge < -0.3 is 5.32 Å². The minimum absolute atomic E-state index is 0.394. The summed E-state index contributed by atoms with van der Waals surface area (Å²) in [6.07, 6.45) is 1.86. The summed E-state index contributed by atoms with van der Waals surface area (Å²) in [6.45, 7) is 10.3. The van der Waals surface area contributed by atoms with Gasteiger partial charge in [0.25, 0.3) is 0 Å². The van der Waals surface area contributed by atoms with Crippen molar-refractivity contribution in [2.24, 2.45) is 7.05 Å². The molecular weight excluding hydrogens is 250 g/mol. The average Bonchev–Trinajstić information content (AvgIpc) is 2.97. The van der Waals surface area contributed by atoms with Crippen molar-refractivity contribution in [3.63, 3.8) is 0 Å². The molecule has 0 aliphatic heterocycles. The SMILES string of the molecule is CC(C)c1cc(CNCc2ccnn2C(C)C)n(C)n1. The molecule has 0 aliphatic rings. The van der Waals surface area contributed by atoms with Crippen LogP contribution in [0, 0.1) is 0 Å². The molecule has 0 fully saturated rings. The topological polar surface area (TPSA) is 47.7 Å². The summed E-state index contributed by atoms with van der Waals surface area (Å²) < 4.78 is 4.01. The molecule has 0 aliphatic carbocycles. The van der Waals surface area contributed by atoms with Gasteiger partial charge in [-0.1, -0.05) is 13.8 Å². The van der Waals surface area contributed by atoms with Gasteiger partial charge in [0.15, 0.2) is 0 Å². The lowest BCUT2D eigenvalue weighted by Crippen LogP contribution is -2.18. The fraction of sp³-hybridized carbons (Fsp3) is 0.600. The lowest BCUT2D eigenvalue weighted by atomic mass is 10.1. The highest BCUT2D eigenvalue weighted by Gasteiger charge is 2.09. The van der Waals surface area contributed by atoms with E-state index in [0.29, 0.717) is 12.0 Å². The Hall–Kier alpha value is -1.62. The Kier molecular flexibility index (Phi) is 4.60. The Labute approximate surface area is 121 Å². The fourth-order valence-electron chi connectivity index (χ4n) is 2.24. The molecule has 20 heavy (non-hydrogen) atoms. The van der Waals surface area contributed by atoms with Crippen LogP contribution in [0.2, 0.25) is 0 Å². The van der Waals surface area contributed by atoms with E-state index in [2.05, 4.69) is 60.0 Å². The Balaban J connectivity index is 1.94. The third-order valence-corrected chi connectivity index (χ3v) is 3.44. The predicted molar refractivity (Wildman–Crippen MR) is 80.5 cm³/mol. The highest BCUT2D eigenvalue weighted by molar-refractivity contribution is 5.13. The van der Waals surface area contributed by atoms with E-state index in [0.717, 1.165) is 18.8 Å². The normalized spacial score (nSPS) is 11.8. The molecule has 1 N–H and O–H groups in total. The standard InChI is InChI=1S/C15H25N5/c1-11(2)15-8-14(19(5)18-15)10-16-9-13-6-7-17-20(13)12(3)4/h6-8,11-12,16H,9-10H2,1-5H3. The highest BCUT2D eigenvalue weighted by Crippen LogP contribution is 2.14. The number of rotatable bonds is 6. The summed E-state index contributed by atoms with van der Waals surface area (Å²) in [5.74, 6) is 0.470. The third kappa shape index (κ3) is 3.28. The Bertz CT molecular complexity index is 550. The lowest BCUT2D eigenvalue weighted by Gasteiger charge is -2.11. The maximum absolute atomic E-state index is 4.53. The third-order valence-electron chi connectivity index (χ3n) is 3.44. The van der Waals surface area contributed by atoms with Crippen LogP contribution in [0.25, 0.3) is 0 Å². The van der Waals surface area contributed by atoms with Crippen molar-refractivity contribution in [2.75, 3.05) is 0 Å². The minimum atomic E-state index is 0.394. The molecule has 0 radical (unpaired) electrons. The van der Waals surface area contributed by atoms with Crippen molar-refractivity contribution >= 4 is 0 Å². The van der Waals surface area contributed by atoms with E-state index >= 15 is 0 Å². The molecule has 0 amide bonds. The van der Waals surface area contributed by atoms with E-state index in [9.17, 15) is 0 Å². The molecule has 0 aromatic carbocycles. The van der Waals surface area contributed by atoms with E-state index in [4.69, 9.17) is 0 Å². The molecule has 0 unspecified atom stereocenters. The number of hydrogen-bond acceptors (Lipinski definition) is 3. The van der Waals surface area contributed by atoms with Gasteiger partial charge in [-0.15, -0.1) is 0 Å². The van der Waals surface area contributed by atoms with Crippen molar-refractivity contribution in [1.29, 1.82) is 0 Å². The molecule has 2 aromatic heterocycles. The second-order valence-corrected chi connectivity index (χ2v) is 5.80. The smallest absolute Gasteiger partial charge is 0.0653 e. The maximum atomic E-state index is 4.53. The molecule has 2 aromatic rings. The van der Waals surface area contributed by atoms with Crippen LogP contribution in [0.4, 0.5) is 0 Å². The summed E-state index contributed by atoms with van der Waals surface area (Å²) in [6, 6.07) is 4.64. The molecule has 0 spiro atoms. The second-order valence-electron chi connectivity index (χ2n) is 5.80. The molecule has 0 saturated carbocycles. The summed E-state index contributed by atoms with van der Waals surface area (Å²) in [5.41, 5.74) is 3.58. The summed E-state index contributed by atoms with van der Waals surface area (Å²) in [7, 11) is 2.00. The van der Waals surface area contributed by atoms with Crippen LogP contribution in [0.1, 0.15) is 56.7 Å². The van der Waals surface area contributed by atoms with Gasteiger partial charge in [-0.2, -0.15) is 10.2 Å². The molecule has 2 heterocycles. The number of hydrogen-bond donors (Lipinski definition) is 1. The van der Waals surface area contributed by atoms with Crippen molar-refractivity contribution in [1.82, 2.24) is 24.9 Å². The minimum Gasteiger partial charge on any atom is -0.306 e. The predicted octanol–water partition coefficient (Wildman–Crippen LogP) is 2.61. The number of aromatic nitrogens is 4. The van der Waals surface area contributed by atoms with Gasteiger partial charge in [0.1, 0.15) is 0 Å². The van der Waals surface area contributed by atoms with E-state index in [1.807, 2.05) is 17.9 Å². The van der Waals surface area contributed by atoms with Gasteiger partial charge in [-0.25, -0.2) is 0 Å². The van der Waals surface area contributed by atoms with E-state index in [1.165, 1.54) is 11.4 Å². The van der Waals surface area contributed by atoms with E-state index < -0.39 is 0 Å². The van der Waals surface area contributed by atoms with Crippen molar-refractivity contribution in [3.8, 4) is 0 Å².